The van der Waals surface area contributed by atoms with E-state index in [2.05, 4.69) is 27.7 Å². The first-order chi connectivity index (χ1) is 8.48. The molecule has 0 spiro atoms. The number of hydrogen-bond donors (Lipinski definition) is 1. The molecule has 0 rings (SSSR count). The Morgan fingerprint density at radius 2 is 1.67 bits per heavy atom. The van der Waals surface area contributed by atoms with Gasteiger partial charge in [0, 0.05) is 19.6 Å². The number of nitrogens with two attached hydrogens (primary N) is 1. The molecule has 108 valence electrons. The fraction of sp³-hybridized carbons (Fsp3) is 0.933. The van der Waals surface area contributed by atoms with Crippen molar-refractivity contribution >= 4 is 5.91 Å². The van der Waals surface area contributed by atoms with Gasteiger partial charge in [0.05, 0.1) is 5.41 Å². The average molecular weight is 256 g/mol. The van der Waals surface area contributed by atoms with Crippen LogP contribution >= 0.6 is 0 Å². The lowest BCUT2D eigenvalue weighted by Gasteiger charge is -2.37. The molecular weight excluding hydrogens is 224 g/mol. The molecule has 0 aromatic carbocycles. The van der Waals surface area contributed by atoms with Gasteiger partial charge in [-0.3, -0.25) is 4.79 Å². The molecule has 0 aliphatic carbocycles. The maximum absolute atomic E-state index is 12.7. The molecule has 3 nitrogen and oxygen atoms in total. The highest BCUT2D eigenvalue weighted by Crippen LogP contribution is 2.31. The molecule has 18 heavy (non-hydrogen) atoms. The van der Waals surface area contributed by atoms with Crippen molar-refractivity contribution in [2.75, 3.05) is 13.6 Å². The van der Waals surface area contributed by atoms with Gasteiger partial charge in [0.1, 0.15) is 0 Å². The second kappa shape index (κ2) is 8.52. The smallest absolute Gasteiger partial charge is 0.230 e. The van der Waals surface area contributed by atoms with E-state index in [4.69, 9.17) is 5.73 Å². The molecule has 0 bridgehead atoms. The van der Waals surface area contributed by atoms with Gasteiger partial charge in [0.25, 0.3) is 0 Å². The topological polar surface area (TPSA) is 46.3 Å². The predicted octanol–water partition coefficient (Wildman–Crippen LogP) is 3.18. The van der Waals surface area contributed by atoms with Gasteiger partial charge in [-0.05, 0) is 26.2 Å². The summed E-state index contributed by atoms with van der Waals surface area (Å²) in [5.74, 6) is 0.245. The van der Waals surface area contributed by atoms with Crippen molar-refractivity contribution in [3.63, 3.8) is 0 Å². The first-order valence-corrected chi connectivity index (χ1v) is 7.46. The third kappa shape index (κ3) is 4.27. The normalized spacial score (nSPS) is 13.4. The fourth-order valence-electron chi connectivity index (χ4n) is 2.77. The molecule has 0 aromatic rings. The fourth-order valence-corrected chi connectivity index (χ4v) is 2.77. The van der Waals surface area contributed by atoms with E-state index in [1.807, 2.05) is 11.9 Å². The molecule has 1 atom stereocenters. The largest absolute Gasteiger partial charge is 0.343 e. The van der Waals surface area contributed by atoms with Crippen LogP contribution in [0.5, 0.6) is 0 Å². The van der Waals surface area contributed by atoms with Gasteiger partial charge in [0.15, 0.2) is 0 Å². The van der Waals surface area contributed by atoms with Crippen molar-refractivity contribution in [2.24, 2.45) is 11.1 Å². The Hall–Kier alpha value is -0.570. The number of rotatable bonds is 9. The monoisotopic (exact) mass is 256 g/mol. The number of nitrogens with zero attached hydrogens (tertiary/aromatic N) is 1. The number of carbonyl (C=O) groups is 1. The highest BCUT2D eigenvalue weighted by Gasteiger charge is 2.38. The van der Waals surface area contributed by atoms with Gasteiger partial charge in [-0.1, -0.05) is 40.0 Å². The Balaban J connectivity index is 4.92. The van der Waals surface area contributed by atoms with Gasteiger partial charge in [-0.15, -0.1) is 0 Å². The molecule has 0 aliphatic heterocycles. The minimum Gasteiger partial charge on any atom is -0.343 e. The highest BCUT2D eigenvalue weighted by molar-refractivity contribution is 5.83. The summed E-state index contributed by atoms with van der Waals surface area (Å²) in [5, 5.41) is 0. The number of carbonyl (C=O) groups excluding carboxylic acids is 1. The van der Waals surface area contributed by atoms with Gasteiger partial charge in [-0.25, -0.2) is 0 Å². The maximum Gasteiger partial charge on any atom is 0.230 e. The highest BCUT2D eigenvalue weighted by atomic mass is 16.2. The minimum absolute atomic E-state index is 0.245. The third-order valence-corrected chi connectivity index (χ3v) is 3.99. The van der Waals surface area contributed by atoms with Crippen LogP contribution in [-0.2, 0) is 4.79 Å². The first kappa shape index (κ1) is 17.4. The van der Waals surface area contributed by atoms with Crippen molar-refractivity contribution in [1.29, 1.82) is 0 Å². The Morgan fingerprint density at radius 1 is 1.17 bits per heavy atom. The van der Waals surface area contributed by atoms with Crippen molar-refractivity contribution in [3.05, 3.63) is 0 Å². The Morgan fingerprint density at radius 3 is 2.00 bits per heavy atom. The van der Waals surface area contributed by atoms with Crippen LogP contribution in [0, 0.1) is 5.41 Å². The molecule has 0 radical (unpaired) electrons. The zero-order valence-electron chi connectivity index (χ0n) is 13.0. The second-order valence-electron chi connectivity index (χ2n) is 5.54. The Labute approximate surface area is 113 Å². The summed E-state index contributed by atoms with van der Waals surface area (Å²) < 4.78 is 0. The van der Waals surface area contributed by atoms with Crippen LogP contribution in [0.2, 0.25) is 0 Å². The van der Waals surface area contributed by atoms with Gasteiger partial charge in [0.2, 0.25) is 5.91 Å². The van der Waals surface area contributed by atoms with E-state index in [0.717, 1.165) is 38.5 Å². The lowest BCUT2D eigenvalue weighted by atomic mass is 9.77. The minimum atomic E-state index is -0.333. The van der Waals surface area contributed by atoms with E-state index in [1.54, 1.807) is 0 Å². The van der Waals surface area contributed by atoms with Gasteiger partial charge in [-0.2, -0.15) is 0 Å². The van der Waals surface area contributed by atoms with Crippen LogP contribution in [0.1, 0.15) is 66.2 Å². The Bertz CT molecular complexity index is 235. The van der Waals surface area contributed by atoms with E-state index in [0.29, 0.717) is 12.6 Å². The molecule has 3 heteroatoms. The summed E-state index contributed by atoms with van der Waals surface area (Å²) >= 11 is 0. The summed E-state index contributed by atoms with van der Waals surface area (Å²) in [6, 6.07) is 0.308. The van der Waals surface area contributed by atoms with Crippen molar-refractivity contribution in [3.8, 4) is 0 Å². The predicted molar refractivity (Wildman–Crippen MR) is 78.4 cm³/mol. The molecule has 2 N–H and O–H groups in total. The Kier molecular flexibility index (Phi) is 8.25. The summed E-state index contributed by atoms with van der Waals surface area (Å²) in [7, 11) is 1.93. The maximum atomic E-state index is 12.7. The quantitative estimate of drug-likeness (QED) is 0.688. The van der Waals surface area contributed by atoms with E-state index in [1.165, 1.54) is 0 Å². The second-order valence-corrected chi connectivity index (χ2v) is 5.54. The number of amides is 1. The molecule has 1 amide bonds. The SMILES string of the molecule is CCCC(C)N(C)C(=O)C(CN)(CCC)CCC. The zero-order valence-corrected chi connectivity index (χ0v) is 13.0. The van der Waals surface area contributed by atoms with Crippen molar-refractivity contribution in [2.45, 2.75) is 72.3 Å². The van der Waals surface area contributed by atoms with Crippen LogP contribution in [0.4, 0.5) is 0 Å². The molecule has 0 aliphatic rings. The van der Waals surface area contributed by atoms with E-state index >= 15 is 0 Å². The van der Waals surface area contributed by atoms with Crippen molar-refractivity contribution in [1.82, 2.24) is 4.90 Å². The van der Waals surface area contributed by atoms with Crippen LogP contribution in [0.15, 0.2) is 0 Å². The van der Waals surface area contributed by atoms with Crippen LogP contribution in [0.3, 0.4) is 0 Å². The van der Waals surface area contributed by atoms with Crippen LogP contribution in [0.25, 0.3) is 0 Å². The van der Waals surface area contributed by atoms with Crippen molar-refractivity contribution < 1.29 is 4.79 Å². The average Bonchev–Trinajstić information content (AvgIpc) is 2.36. The summed E-state index contributed by atoms with van der Waals surface area (Å²) in [5.41, 5.74) is 5.61. The molecule has 0 saturated carbocycles. The van der Waals surface area contributed by atoms with Gasteiger partial charge >= 0.3 is 0 Å². The third-order valence-electron chi connectivity index (χ3n) is 3.99. The number of hydrogen-bond acceptors (Lipinski definition) is 2. The summed E-state index contributed by atoms with van der Waals surface area (Å²) in [6.45, 7) is 9.01. The molecule has 0 heterocycles. The summed E-state index contributed by atoms with van der Waals surface area (Å²) in [6.07, 6.45) is 5.99. The van der Waals surface area contributed by atoms with Crippen LogP contribution in [-0.4, -0.2) is 30.4 Å². The lowest BCUT2D eigenvalue weighted by Crippen LogP contribution is -2.49. The molecular formula is C15H32N2O. The molecule has 1 unspecified atom stereocenters. The molecule has 0 fully saturated rings. The molecule has 0 aromatic heterocycles. The van der Waals surface area contributed by atoms with E-state index in [9.17, 15) is 4.79 Å². The molecule has 0 saturated heterocycles. The van der Waals surface area contributed by atoms with Crippen LogP contribution < -0.4 is 5.73 Å². The zero-order chi connectivity index (χ0) is 14.2. The van der Waals surface area contributed by atoms with E-state index < -0.39 is 0 Å². The first-order valence-electron chi connectivity index (χ1n) is 7.46. The summed E-state index contributed by atoms with van der Waals surface area (Å²) in [4.78, 5) is 14.7. The standard InChI is InChI=1S/C15H32N2O/c1-6-9-13(4)17(5)14(18)15(12-16,10-7-2)11-8-3/h13H,6-12,16H2,1-5H3. The van der Waals surface area contributed by atoms with E-state index in [-0.39, 0.29) is 11.3 Å². The lowest BCUT2D eigenvalue weighted by molar-refractivity contribution is -0.143. The van der Waals surface area contributed by atoms with Gasteiger partial charge < -0.3 is 10.6 Å².